The maximum absolute atomic E-state index is 4.38. The third-order valence-electron chi connectivity index (χ3n) is 4.98. The number of rotatable bonds is 4. The fraction of sp³-hybridized carbons (Fsp3) is 0.941. The predicted octanol–water partition coefficient (Wildman–Crippen LogP) is 1.55. The van der Waals surface area contributed by atoms with Crippen LogP contribution in [0.4, 0.5) is 0 Å². The molecule has 2 atom stereocenters. The molecule has 0 radical (unpaired) electrons. The van der Waals surface area contributed by atoms with Gasteiger partial charge in [0, 0.05) is 43.8 Å². The minimum Gasteiger partial charge on any atom is -0.355 e. The molecule has 0 spiro atoms. The third kappa shape index (κ3) is 5.13. The standard InChI is InChI=1S/C17H35N5/c1-17(2,3)20-10-9-19-16(18-4)21-13-11-14-7-6-8-15(12-13)22(14)5/h13-15,20H,6-12H2,1-5H3,(H2,18,19,21). The maximum atomic E-state index is 4.38. The first-order valence-electron chi connectivity index (χ1n) is 8.83. The molecule has 5 nitrogen and oxygen atoms in total. The lowest BCUT2D eigenvalue weighted by molar-refractivity contribution is 0.0526. The van der Waals surface area contributed by atoms with Crippen molar-refractivity contribution >= 4 is 5.96 Å². The summed E-state index contributed by atoms with van der Waals surface area (Å²) in [5.74, 6) is 0.948. The molecular formula is C17H35N5. The van der Waals surface area contributed by atoms with Crippen LogP contribution in [0, 0.1) is 0 Å². The number of hydrogen-bond acceptors (Lipinski definition) is 3. The molecule has 2 aliphatic heterocycles. The van der Waals surface area contributed by atoms with Gasteiger partial charge in [0.2, 0.25) is 0 Å². The van der Waals surface area contributed by atoms with Crippen molar-refractivity contribution in [3.63, 3.8) is 0 Å². The zero-order valence-corrected chi connectivity index (χ0v) is 15.1. The smallest absolute Gasteiger partial charge is 0.191 e. The summed E-state index contributed by atoms with van der Waals surface area (Å²) in [5.41, 5.74) is 0.171. The molecule has 2 heterocycles. The van der Waals surface area contributed by atoms with Crippen LogP contribution >= 0.6 is 0 Å². The molecule has 3 N–H and O–H groups in total. The molecule has 2 rings (SSSR count). The Morgan fingerprint density at radius 3 is 2.32 bits per heavy atom. The molecular weight excluding hydrogens is 274 g/mol. The van der Waals surface area contributed by atoms with Gasteiger partial charge in [0.05, 0.1) is 0 Å². The van der Waals surface area contributed by atoms with Crippen molar-refractivity contribution in [3.05, 3.63) is 0 Å². The highest BCUT2D eigenvalue weighted by atomic mass is 15.2. The van der Waals surface area contributed by atoms with E-state index in [2.05, 4.69) is 53.7 Å². The summed E-state index contributed by atoms with van der Waals surface area (Å²) in [6.45, 7) is 8.42. The van der Waals surface area contributed by atoms with Crippen molar-refractivity contribution in [2.45, 2.75) is 76.5 Å². The topological polar surface area (TPSA) is 51.7 Å². The first kappa shape index (κ1) is 17.5. The largest absolute Gasteiger partial charge is 0.355 e. The fourth-order valence-corrected chi connectivity index (χ4v) is 3.74. The van der Waals surface area contributed by atoms with E-state index in [1.54, 1.807) is 0 Å². The highest BCUT2D eigenvalue weighted by Gasteiger charge is 2.36. The first-order chi connectivity index (χ1) is 10.4. The molecule has 0 aromatic carbocycles. The van der Waals surface area contributed by atoms with E-state index in [1.807, 2.05) is 7.05 Å². The summed E-state index contributed by atoms with van der Waals surface area (Å²) in [7, 11) is 4.16. The number of guanidine groups is 1. The highest BCUT2D eigenvalue weighted by Crippen LogP contribution is 2.32. The third-order valence-corrected chi connectivity index (χ3v) is 4.98. The Kier molecular flexibility index (Phi) is 6.09. The van der Waals surface area contributed by atoms with Crippen LogP contribution in [0.3, 0.4) is 0 Å². The summed E-state index contributed by atoms with van der Waals surface area (Å²) in [5, 5.41) is 10.6. The molecule has 0 saturated carbocycles. The van der Waals surface area contributed by atoms with Gasteiger partial charge in [-0.15, -0.1) is 0 Å². The lowest BCUT2D eigenvalue weighted by Gasteiger charge is -2.47. The van der Waals surface area contributed by atoms with Gasteiger partial charge in [-0.05, 0) is 53.5 Å². The van der Waals surface area contributed by atoms with E-state index in [4.69, 9.17) is 0 Å². The van der Waals surface area contributed by atoms with Crippen molar-refractivity contribution < 1.29 is 0 Å². The average molecular weight is 310 g/mol. The van der Waals surface area contributed by atoms with Crippen LogP contribution in [-0.4, -0.2) is 61.7 Å². The van der Waals surface area contributed by atoms with Gasteiger partial charge in [-0.3, -0.25) is 4.99 Å². The van der Waals surface area contributed by atoms with Gasteiger partial charge in [-0.25, -0.2) is 0 Å². The number of nitrogens with zero attached hydrogens (tertiary/aromatic N) is 2. The second-order valence-corrected chi connectivity index (χ2v) is 7.89. The molecule has 0 aromatic heterocycles. The van der Waals surface area contributed by atoms with Crippen molar-refractivity contribution in [1.29, 1.82) is 0 Å². The summed E-state index contributed by atoms with van der Waals surface area (Å²) in [6.07, 6.45) is 6.60. The van der Waals surface area contributed by atoms with E-state index in [0.29, 0.717) is 6.04 Å². The second-order valence-electron chi connectivity index (χ2n) is 7.89. The highest BCUT2D eigenvalue weighted by molar-refractivity contribution is 5.79. The number of fused-ring (bicyclic) bond motifs is 2. The van der Waals surface area contributed by atoms with Crippen LogP contribution in [0.1, 0.15) is 52.9 Å². The van der Waals surface area contributed by atoms with Gasteiger partial charge in [0.15, 0.2) is 5.96 Å². The van der Waals surface area contributed by atoms with Crippen LogP contribution in [0.15, 0.2) is 4.99 Å². The van der Waals surface area contributed by atoms with Gasteiger partial charge in [0.25, 0.3) is 0 Å². The molecule has 2 aliphatic rings. The second kappa shape index (κ2) is 7.64. The number of aliphatic imine (C=N–C) groups is 1. The summed E-state index contributed by atoms with van der Waals surface area (Å²) in [4.78, 5) is 6.98. The Balaban J connectivity index is 1.74. The Morgan fingerprint density at radius 2 is 1.77 bits per heavy atom. The summed E-state index contributed by atoms with van der Waals surface area (Å²) in [6, 6.07) is 2.07. The molecule has 2 unspecified atom stereocenters. The first-order valence-corrected chi connectivity index (χ1v) is 8.83. The van der Waals surface area contributed by atoms with Crippen molar-refractivity contribution in [2.75, 3.05) is 27.2 Å². The van der Waals surface area contributed by atoms with Gasteiger partial charge in [0.1, 0.15) is 0 Å². The van der Waals surface area contributed by atoms with Crippen LogP contribution in [-0.2, 0) is 0 Å². The Hall–Kier alpha value is -0.810. The molecule has 128 valence electrons. The molecule has 0 amide bonds. The Bertz CT molecular complexity index is 360. The van der Waals surface area contributed by atoms with E-state index in [-0.39, 0.29) is 5.54 Å². The van der Waals surface area contributed by atoms with Gasteiger partial charge < -0.3 is 20.9 Å². The Morgan fingerprint density at radius 1 is 1.14 bits per heavy atom. The minimum absolute atomic E-state index is 0.171. The summed E-state index contributed by atoms with van der Waals surface area (Å²) < 4.78 is 0. The van der Waals surface area contributed by atoms with E-state index >= 15 is 0 Å². The van der Waals surface area contributed by atoms with Gasteiger partial charge in [-0.1, -0.05) is 6.42 Å². The van der Waals surface area contributed by atoms with Crippen LogP contribution < -0.4 is 16.0 Å². The number of nitrogens with one attached hydrogen (secondary N) is 3. The van der Waals surface area contributed by atoms with E-state index < -0.39 is 0 Å². The average Bonchev–Trinajstić information content (AvgIpc) is 2.42. The number of hydrogen-bond donors (Lipinski definition) is 3. The van der Waals surface area contributed by atoms with Gasteiger partial charge >= 0.3 is 0 Å². The fourth-order valence-electron chi connectivity index (χ4n) is 3.74. The van der Waals surface area contributed by atoms with E-state index in [9.17, 15) is 0 Å². The molecule has 2 fully saturated rings. The summed E-state index contributed by atoms with van der Waals surface area (Å²) >= 11 is 0. The molecule has 2 saturated heterocycles. The van der Waals surface area contributed by atoms with E-state index in [0.717, 1.165) is 31.1 Å². The van der Waals surface area contributed by atoms with Crippen LogP contribution in [0.25, 0.3) is 0 Å². The monoisotopic (exact) mass is 309 g/mol. The lowest BCUT2D eigenvalue weighted by atomic mass is 9.82. The van der Waals surface area contributed by atoms with Crippen molar-refractivity contribution in [3.8, 4) is 0 Å². The molecule has 0 aromatic rings. The van der Waals surface area contributed by atoms with E-state index in [1.165, 1.54) is 32.1 Å². The SMILES string of the molecule is CN=C(NCCNC(C)(C)C)NC1CC2CCCC(C1)N2C. The predicted molar refractivity (Wildman–Crippen MR) is 94.5 cm³/mol. The quantitative estimate of drug-likeness (QED) is 0.419. The van der Waals surface area contributed by atoms with Crippen molar-refractivity contribution in [2.24, 2.45) is 4.99 Å². The molecule has 22 heavy (non-hydrogen) atoms. The van der Waals surface area contributed by atoms with Crippen LogP contribution in [0.5, 0.6) is 0 Å². The normalized spacial score (nSPS) is 30.2. The maximum Gasteiger partial charge on any atom is 0.191 e. The van der Waals surface area contributed by atoms with Gasteiger partial charge in [-0.2, -0.15) is 0 Å². The minimum atomic E-state index is 0.171. The van der Waals surface area contributed by atoms with Crippen molar-refractivity contribution in [1.82, 2.24) is 20.9 Å². The zero-order chi connectivity index (χ0) is 16.2. The zero-order valence-electron chi connectivity index (χ0n) is 15.1. The number of piperidine rings is 2. The van der Waals surface area contributed by atoms with Crippen LogP contribution in [0.2, 0.25) is 0 Å². The lowest BCUT2D eigenvalue weighted by Crippen LogP contribution is -2.57. The molecule has 5 heteroatoms. The Labute approximate surface area is 136 Å². The molecule has 0 aliphatic carbocycles. The molecule has 2 bridgehead atoms.